The lowest BCUT2D eigenvalue weighted by Gasteiger charge is -2.23. The van der Waals surface area contributed by atoms with Crippen molar-refractivity contribution in [3.8, 4) is 0 Å². The van der Waals surface area contributed by atoms with Crippen LogP contribution >= 0.6 is 35.0 Å². The van der Waals surface area contributed by atoms with Gasteiger partial charge in [-0.1, -0.05) is 65.7 Å². The van der Waals surface area contributed by atoms with Gasteiger partial charge in [-0.2, -0.15) is 0 Å². The molecular weight excluding hydrogens is 359 g/mol. The third kappa shape index (κ3) is 4.34. The fourth-order valence-corrected chi connectivity index (χ4v) is 3.89. The number of hydrogen-bond acceptors (Lipinski definition) is 2. The Morgan fingerprint density at radius 2 is 1.17 bits per heavy atom. The summed E-state index contributed by atoms with van der Waals surface area (Å²) in [4.78, 5) is 1.10. The summed E-state index contributed by atoms with van der Waals surface area (Å²) in [7, 11) is 0. The molecule has 3 aromatic carbocycles. The fourth-order valence-electron chi connectivity index (χ4n) is 2.45. The van der Waals surface area contributed by atoms with Gasteiger partial charge in [0.2, 0.25) is 0 Å². The van der Waals surface area contributed by atoms with Gasteiger partial charge in [-0.3, -0.25) is 0 Å². The number of hydrogen-bond donors (Lipinski definition) is 1. The lowest BCUT2D eigenvalue weighted by Crippen LogP contribution is -2.08. The van der Waals surface area contributed by atoms with E-state index in [9.17, 15) is 5.11 Å². The molecular formula is C20H16Cl2OS. The number of thioether (sulfide) groups is 1. The maximum absolute atomic E-state index is 11.0. The Bertz CT molecular complexity index is 773. The second kappa shape index (κ2) is 8.09. The van der Waals surface area contributed by atoms with Crippen molar-refractivity contribution in [2.45, 2.75) is 16.2 Å². The van der Waals surface area contributed by atoms with E-state index < -0.39 is 6.10 Å². The first-order valence-electron chi connectivity index (χ1n) is 7.54. The minimum absolute atomic E-state index is 0.147. The molecule has 2 atom stereocenters. The highest BCUT2D eigenvalue weighted by atomic mass is 35.5. The van der Waals surface area contributed by atoms with Gasteiger partial charge >= 0.3 is 0 Å². The van der Waals surface area contributed by atoms with Crippen molar-refractivity contribution in [1.82, 2.24) is 0 Å². The Labute approximate surface area is 156 Å². The van der Waals surface area contributed by atoms with E-state index in [4.69, 9.17) is 23.2 Å². The first-order chi connectivity index (χ1) is 11.6. The Morgan fingerprint density at radius 1 is 0.667 bits per heavy atom. The standard InChI is InChI=1S/C20H16Cl2OS/c21-16-10-6-14(7-11-16)19(23)20(15-8-12-17(22)13-9-15)24-18-4-2-1-3-5-18/h1-13,19-20,23H/t19-,20-/m1/s1. The molecule has 0 aliphatic rings. The highest BCUT2D eigenvalue weighted by Gasteiger charge is 2.24. The summed E-state index contributed by atoms with van der Waals surface area (Å²) >= 11 is 13.6. The predicted octanol–water partition coefficient (Wildman–Crippen LogP) is 6.56. The highest BCUT2D eigenvalue weighted by molar-refractivity contribution is 7.99. The number of rotatable bonds is 5. The molecule has 0 heterocycles. The number of aliphatic hydroxyl groups excluding tert-OH is 1. The molecule has 4 heteroatoms. The van der Waals surface area contributed by atoms with Crippen LogP contribution in [0.25, 0.3) is 0 Å². The average molecular weight is 375 g/mol. The van der Waals surface area contributed by atoms with Gasteiger partial charge in [0.05, 0.1) is 11.4 Å². The topological polar surface area (TPSA) is 20.2 Å². The molecule has 3 rings (SSSR count). The normalized spacial score (nSPS) is 13.5. The second-order valence-electron chi connectivity index (χ2n) is 5.40. The highest BCUT2D eigenvalue weighted by Crippen LogP contribution is 2.44. The summed E-state index contributed by atoms with van der Waals surface area (Å²) in [5.41, 5.74) is 1.86. The molecule has 1 N–H and O–H groups in total. The Hall–Kier alpha value is -1.45. The van der Waals surface area contributed by atoms with Crippen LogP contribution in [0.1, 0.15) is 22.5 Å². The van der Waals surface area contributed by atoms with Gasteiger partial charge in [0.1, 0.15) is 0 Å². The van der Waals surface area contributed by atoms with Crippen LogP contribution in [0.3, 0.4) is 0 Å². The van der Waals surface area contributed by atoms with E-state index in [1.165, 1.54) is 0 Å². The second-order valence-corrected chi connectivity index (χ2v) is 7.49. The Balaban J connectivity index is 1.94. The molecule has 0 fully saturated rings. The van der Waals surface area contributed by atoms with E-state index in [1.807, 2.05) is 66.7 Å². The molecule has 0 saturated heterocycles. The van der Waals surface area contributed by atoms with E-state index in [-0.39, 0.29) is 5.25 Å². The molecule has 24 heavy (non-hydrogen) atoms. The van der Waals surface area contributed by atoms with Crippen LogP contribution in [0.4, 0.5) is 0 Å². The van der Waals surface area contributed by atoms with Gasteiger partial charge in [0.15, 0.2) is 0 Å². The average Bonchev–Trinajstić information content (AvgIpc) is 2.62. The lowest BCUT2D eigenvalue weighted by molar-refractivity contribution is 0.175. The third-order valence-electron chi connectivity index (χ3n) is 3.70. The molecule has 0 saturated carbocycles. The van der Waals surface area contributed by atoms with Gasteiger partial charge in [0.25, 0.3) is 0 Å². The number of halogens is 2. The first-order valence-corrected chi connectivity index (χ1v) is 9.18. The zero-order valence-corrected chi connectivity index (χ0v) is 15.1. The van der Waals surface area contributed by atoms with Crippen LogP contribution in [0.15, 0.2) is 83.8 Å². The third-order valence-corrected chi connectivity index (χ3v) is 5.54. The van der Waals surface area contributed by atoms with Crippen molar-refractivity contribution < 1.29 is 5.11 Å². The maximum atomic E-state index is 11.0. The smallest absolute Gasteiger partial charge is 0.0952 e. The van der Waals surface area contributed by atoms with Gasteiger partial charge in [-0.15, -0.1) is 11.8 Å². The molecule has 0 aliphatic carbocycles. The molecule has 0 spiro atoms. The molecule has 0 bridgehead atoms. The summed E-state index contributed by atoms with van der Waals surface area (Å²) in [5.74, 6) is 0. The molecule has 0 unspecified atom stereocenters. The van der Waals surface area contributed by atoms with Crippen molar-refractivity contribution >= 4 is 35.0 Å². The van der Waals surface area contributed by atoms with E-state index in [1.54, 1.807) is 23.9 Å². The molecule has 3 aromatic rings. The number of benzene rings is 3. The van der Waals surface area contributed by atoms with Gasteiger partial charge in [-0.25, -0.2) is 0 Å². The van der Waals surface area contributed by atoms with Crippen molar-refractivity contribution in [2.24, 2.45) is 0 Å². The number of aliphatic hydroxyl groups is 1. The maximum Gasteiger partial charge on any atom is 0.0952 e. The largest absolute Gasteiger partial charge is 0.387 e. The van der Waals surface area contributed by atoms with Crippen LogP contribution in [0, 0.1) is 0 Å². The monoisotopic (exact) mass is 374 g/mol. The molecule has 122 valence electrons. The van der Waals surface area contributed by atoms with Crippen molar-refractivity contribution in [3.63, 3.8) is 0 Å². The zero-order valence-electron chi connectivity index (χ0n) is 12.8. The molecule has 0 radical (unpaired) electrons. The van der Waals surface area contributed by atoms with E-state index in [2.05, 4.69) is 0 Å². The summed E-state index contributed by atoms with van der Waals surface area (Å²) in [6.45, 7) is 0. The Morgan fingerprint density at radius 3 is 1.71 bits per heavy atom. The van der Waals surface area contributed by atoms with E-state index >= 15 is 0 Å². The minimum atomic E-state index is -0.659. The minimum Gasteiger partial charge on any atom is -0.387 e. The summed E-state index contributed by atoms with van der Waals surface area (Å²) in [6.07, 6.45) is -0.659. The van der Waals surface area contributed by atoms with Crippen LogP contribution < -0.4 is 0 Å². The van der Waals surface area contributed by atoms with Gasteiger partial charge in [0, 0.05) is 14.9 Å². The molecule has 0 aliphatic heterocycles. The summed E-state index contributed by atoms with van der Waals surface area (Å²) in [5, 5.41) is 12.2. The summed E-state index contributed by atoms with van der Waals surface area (Å²) < 4.78 is 0. The molecule has 1 nitrogen and oxygen atoms in total. The van der Waals surface area contributed by atoms with Crippen LogP contribution in [-0.2, 0) is 0 Å². The first kappa shape index (κ1) is 17.4. The lowest BCUT2D eigenvalue weighted by atomic mass is 10.0. The zero-order chi connectivity index (χ0) is 16.9. The Kier molecular flexibility index (Phi) is 5.85. The van der Waals surface area contributed by atoms with Crippen LogP contribution in [0.2, 0.25) is 10.0 Å². The van der Waals surface area contributed by atoms with Crippen LogP contribution in [0.5, 0.6) is 0 Å². The van der Waals surface area contributed by atoms with Crippen molar-refractivity contribution in [3.05, 3.63) is 100 Å². The molecule has 0 aromatic heterocycles. The predicted molar refractivity (Wildman–Crippen MR) is 103 cm³/mol. The van der Waals surface area contributed by atoms with E-state index in [0.717, 1.165) is 16.0 Å². The van der Waals surface area contributed by atoms with Crippen LogP contribution in [-0.4, -0.2) is 5.11 Å². The summed E-state index contributed by atoms with van der Waals surface area (Å²) in [6, 6.07) is 25.0. The van der Waals surface area contributed by atoms with Crippen molar-refractivity contribution in [2.75, 3.05) is 0 Å². The SMILES string of the molecule is O[C@H](c1ccc(Cl)cc1)[C@H](Sc1ccccc1)c1ccc(Cl)cc1. The van der Waals surface area contributed by atoms with Gasteiger partial charge < -0.3 is 5.11 Å². The van der Waals surface area contributed by atoms with Crippen molar-refractivity contribution in [1.29, 1.82) is 0 Å². The van der Waals surface area contributed by atoms with E-state index in [0.29, 0.717) is 10.0 Å². The fraction of sp³-hybridized carbons (Fsp3) is 0.100. The molecule has 0 amide bonds. The quantitative estimate of drug-likeness (QED) is 0.510. The van der Waals surface area contributed by atoms with Gasteiger partial charge in [-0.05, 0) is 47.5 Å².